The molecule has 0 spiro atoms. The molecule has 0 unspecified atom stereocenters. The van der Waals surface area contributed by atoms with Crippen LogP contribution in [0.4, 0.5) is 0 Å². The van der Waals surface area contributed by atoms with Crippen LogP contribution in [0.2, 0.25) is 0 Å². The highest BCUT2D eigenvalue weighted by Crippen LogP contribution is 2.17. The number of esters is 3. The summed E-state index contributed by atoms with van der Waals surface area (Å²) in [6, 6.07) is 0. The molecule has 0 aromatic heterocycles. The van der Waals surface area contributed by atoms with Crippen LogP contribution < -0.4 is 0 Å². The predicted molar refractivity (Wildman–Crippen MR) is 229 cm³/mol. The standard InChI is InChI=1S/C48H92O6/c1-6-7-8-26-35-40-48(51)54-45(42-53-47(50)39-34-30-25-21-17-13-12-15-19-23-28-32-37-44(4)5)41-52-46(49)38-33-29-24-20-16-11-9-10-14-18-22-27-31-36-43(2)3/h43-45H,6-42H2,1-5H3/t45-/m0/s1. The van der Waals surface area contributed by atoms with Gasteiger partial charge in [-0.25, -0.2) is 0 Å². The molecule has 0 fully saturated rings. The third-order valence-electron chi connectivity index (χ3n) is 10.7. The molecule has 0 heterocycles. The van der Waals surface area contributed by atoms with Crippen molar-refractivity contribution in [3.63, 3.8) is 0 Å². The summed E-state index contributed by atoms with van der Waals surface area (Å²) in [7, 11) is 0. The summed E-state index contributed by atoms with van der Waals surface area (Å²) >= 11 is 0. The molecule has 0 bridgehead atoms. The second-order valence-electron chi connectivity index (χ2n) is 17.3. The summed E-state index contributed by atoms with van der Waals surface area (Å²) in [5.41, 5.74) is 0. The Bertz CT molecular complexity index is 824. The van der Waals surface area contributed by atoms with Crippen LogP contribution in [0.25, 0.3) is 0 Å². The zero-order valence-electron chi connectivity index (χ0n) is 36.8. The number of hydrogen-bond donors (Lipinski definition) is 0. The average Bonchev–Trinajstić information content (AvgIpc) is 3.14. The number of rotatable bonds is 42. The van der Waals surface area contributed by atoms with Crippen LogP contribution >= 0.6 is 0 Å². The lowest BCUT2D eigenvalue weighted by molar-refractivity contribution is -0.167. The van der Waals surface area contributed by atoms with Gasteiger partial charge in [0.15, 0.2) is 6.10 Å². The van der Waals surface area contributed by atoms with Crippen LogP contribution in [0.3, 0.4) is 0 Å². The molecule has 0 radical (unpaired) electrons. The van der Waals surface area contributed by atoms with Gasteiger partial charge < -0.3 is 14.2 Å². The first-order valence-electron chi connectivity index (χ1n) is 23.7. The molecule has 320 valence electrons. The summed E-state index contributed by atoms with van der Waals surface area (Å²) in [5.74, 6) is 0.805. The number of unbranched alkanes of at least 4 members (excludes halogenated alkanes) is 27. The second-order valence-corrected chi connectivity index (χ2v) is 17.3. The molecule has 0 rings (SSSR count). The lowest BCUT2D eigenvalue weighted by Crippen LogP contribution is -2.30. The Balaban J connectivity index is 4.11. The van der Waals surface area contributed by atoms with Gasteiger partial charge in [-0.05, 0) is 31.1 Å². The predicted octanol–water partition coefficient (Wildman–Crippen LogP) is 15.0. The molecule has 0 saturated heterocycles. The van der Waals surface area contributed by atoms with Gasteiger partial charge in [0.1, 0.15) is 13.2 Å². The highest BCUT2D eigenvalue weighted by atomic mass is 16.6. The molecular formula is C48H92O6. The van der Waals surface area contributed by atoms with Gasteiger partial charge in [-0.1, -0.05) is 221 Å². The average molecular weight is 765 g/mol. The Kier molecular flexibility index (Phi) is 39.8. The van der Waals surface area contributed by atoms with Crippen molar-refractivity contribution in [3.8, 4) is 0 Å². The second kappa shape index (κ2) is 41.1. The van der Waals surface area contributed by atoms with E-state index < -0.39 is 6.10 Å². The summed E-state index contributed by atoms with van der Waals surface area (Å²) in [4.78, 5) is 37.5. The first-order chi connectivity index (χ1) is 26.2. The monoisotopic (exact) mass is 765 g/mol. The molecular weight excluding hydrogens is 673 g/mol. The van der Waals surface area contributed by atoms with Crippen molar-refractivity contribution in [2.24, 2.45) is 11.8 Å². The van der Waals surface area contributed by atoms with E-state index >= 15 is 0 Å². The molecule has 0 aromatic carbocycles. The lowest BCUT2D eigenvalue weighted by atomic mass is 10.0. The smallest absolute Gasteiger partial charge is 0.306 e. The van der Waals surface area contributed by atoms with E-state index in [0.29, 0.717) is 19.3 Å². The molecule has 1 atom stereocenters. The van der Waals surface area contributed by atoms with Crippen molar-refractivity contribution < 1.29 is 28.6 Å². The minimum atomic E-state index is -0.758. The number of ether oxygens (including phenoxy) is 3. The van der Waals surface area contributed by atoms with Crippen molar-refractivity contribution >= 4 is 17.9 Å². The first kappa shape index (κ1) is 52.4. The maximum atomic E-state index is 12.5. The van der Waals surface area contributed by atoms with Gasteiger partial charge in [0.25, 0.3) is 0 Å². The summed E-state index contributed by atoms with van der Waals surface area (Å²) in [6.45, 7) is 11.3. The Hall–Kier alpha value is -1.59. The van der Waals surface area contributed by atoms with Crippen LogP contribution in [0, 0.1) is 11.8 Å². The lowest BCUT2D eigenvalue weighted by Gasteiger charge is -2.18. The van der Waals surface area contributed by atoms with E-state index in [9.17, 15) is 14.4 Å². The Labute approximate surface area is 336 Å². The Morgan fingerprint density at radius 2 is 0.611 bits per heavy atom. The van der Waals surface area contributed by atoms with E-state index in [4.69, 9.17) is 14.2 Å². The Morgan fingerprint density at radius 1 is 0.352 bits per heavy atom. The Morgan fingerprint density at radius 3 is 0.907 bits per heavy atom. The van der Waals surface area contributed by atoms with Gasteiger partial charge >= 0.3 is 17.9 Å². The van der Waals surface area contributed by atoms with E-state index in [2.05, 4.69) is 34.6 Å². The molecule has 0 aliphatic carbocycles. The minimum Gasteiger partial charge on any atom is -0.462 e. The van der Waals surface area contributed by atoms with Crippen molar-refractivity contribution in [1.29, 1.82) is 0 Å². The molecule has 6 nitrogen and oxygen atoms in total. The largest absolute Gasteiger partial charge is 0.462 e. The van der Waals surface area contributed by atoms with E-state index in [1.807, 2.05) is 0 Å². The SMILES string of the molecule is CCCCCCCC(=O)O[C@@H](COC(=O)CCCCCCCCCCCCCCCC(C)C)COC(=O)CCCCCCCCCCCCCCC(C)C. The van der Waals surface area contributed by atoms with Crippen molar-refractivity contribution in [2.75, 3.05) is 13.2 Å². The van der Waals surface area contributed by atoms with Gasteiger partial charge in [-0.3, -0.25) is 14.4 Å². The van der Waals surface area contributed by atoms with E-state index in [-0.39, 0.29) is 31.1 Å². The van der Waals surface area contributed by atoms with Crippen LogP contribution in [-0.2, 0) is 28.6 Å². The van der Waals surface area contributed by atoms with Crippen LogP contribution in [0.15, 0.2) is 0 Å². The quantitative estimate of drug-likeness (QED) is 0.0350. The number of carbonyl (C=O) groups excluding carboxylic acids is 3. The van der Waals surface area contributed by atoms with Crippen molar-refractivity contribution in [1.82, 2.24) is 0 Å². The maximum Gasteiger partial charge on any atom is 0.306 e. The summed E-state index contributed by atoms with van der Waals surface area (Å²) in [6.07, 6.45) is 39.8. The number of carbonyl (C=O) groups is 3. The van der Waals surface area contributed by atoms with Gasteiger partial charge in [-0.15, -0.1) is 0 Å². The fourth-order valence-corrected chi connectivity index (χ4v) is 7.11. The summed E-state index contributed by atoms with van der Waals surface area (Å²) < 4.78 is 16.6. The van der Waals surface area contributed by atoms with Gasteiger partial charge in [0.2, 0.25) is 0 Å². The fraction of sp³-hybridized carbons (Fsp3) is 0.938. The molecule has 0 saturated carbocycles. The van der Waals surface area contributed by atoms with Crippen LogP contribution in [-0.4, -0.2) is 37.2 Å². The van der Waals surface area contributed by atoms with Gasteiger partial charge in [0, 0.05) is 19.3 Å². The molecule has 0 aliphatic heterocycles. The van der Waals surface area contributed by atoms with Crippen molar-refractivity contribution in [3.05, 3.63) is 0 Å². The third-order valence-corrected chi connectivity index (χ3v) is 10.7. The topological polar surface area (TPSA) is 78.9 Å². The normalized spacial score (nSPS) is 12.1. The van der Waals surface area contributed by atoms with Crippen LogP contribution in [0.1, 0.15) is 259 Å². The molecule has 6 heteroatoms. The highest BCUT2D eigenvalue weighted by molar-refractivity contribution is 5.71. The molecule has 0 amide bonds. The molecule has 0 aromatic rings. The van der Waals surface area contributed by atoms with E-state index in [0.717, 1.165) is 76.0 Å². The van der Waals surface area contributed by atoms with E-state index in [1.54, 1.807) is 0 Å². The minimum absolute atomic E-state index is 0.0657. The molecule has 0 N–H and O–H groups in total. The fourth-order valence-electron chi connectivity index (χ4n) is 7.11. The summed E-state index contributed by atoms with van der Waals surface area (Å²) in [5, 5.41) is 0. The maximum absolute atomic E-state index is 12.5. The molecule has 54 heavy (non-hydrogen) atoms. The van der Waals surface area contributed by atoms with Crippen LogP contribution in [0.5, 0.6) is 0 Å². The highest BCUT2D eigenvalue weighted by Gasteiger charge is 2.19. The van der Waals surface area contributed by atoms with E-state index in [1.165, 1.54) is 141 Å². The zero-order valence-corrected chi connectivity index (χ0v) is 36.8. The third kappa shape index (κ3) is 41.6. The first-order valence-corrected chi connectivity index (χ1v) is 23.7. The molecule has 0 aliphatic rings. The van der Waals surface area contributed by atoms with Gasteiger partial charge in [0.05, 0.1) is 0 Å². The van der Waals surface area contributed by atoms with Gasteiger partial charge in [-0.2, -0.15) is 0 Å². The number of hydrogen-bond acceptors (Lipinski definition) is 6. The zero-order chi connectivity index (χ0) is 39.7. The van der Waals surface area contributed by atoms with Crippen molar-refractivity contribution in [2.45, 2.75) is 265 Å².